The second kappa shape index (κ2) is 9.92. The number of likely N-dealkylation sites (tertiary alicyclic amines) is 1. The minimum absolute atomic E-state index is 0.0818. The number of carbonyl (C=O) groups is 2. The monoisotopic (exact) mass is 469 g/mol. The average Bonchev–Trinajstić information content (AvgIpc) is 3.07. The molecule has 1 spiro atoms. The fraction of sp³-hybridized carbons (Fsp3) is 0.310. The zero-order chi connectivity index (χ0) is 24.3. The number of rotatable bonds is 7. The molecule has 6 heteroatoms. The number of carbonyl (C=O) groups excluding carboxylic acids is 2. The molecule has 2 fully saturated rings. The molecule has 1 N–H and O–H groups in total. The number of amides is 3. The number of hydrogen-bond donors (Lipinski definition) is 1. The quantitative estimate of drug-likeness (QED) is 0.520. The van der Waals surface area contributed by atoms with Crippen LogP contribution in [0.25, 0.3) is 0 Å². The van der Waals surface area contributed by atoms with Gasteiger partial charge in [-0.3, -0.25) is 14.6 Å². The van der Waals surface area contributed by atoms with Crippen LogP contribution in [-0.2, 0) is 24.3 Å². The Balaban J connectivity index is 1.36. The van der Waals surface area contributed by atoms with Crippen LogP contribution in [0.15, 0.2) is 84.9 Å². The molecule has 2 saturated heterocycles. The normalized spacial score (nSPS) is 17.9. The molecule has 2 aliphatic heterocycles. The van der Waals surface area contributed by atoms with Crippen LogP contribution in [0, 0.1) is 0 Å². The van der Waals surface area contributed by atoms with Crippen LogP contribution in [-0.4, -0.2) is 56.9 Å². The molecule has 3 aromatic carbocycles. The molecule has 180 valence electrons. The molecule has 0 aliphatic carbocycles. The van der Waals surface area contributed by atoms with Crippen molar-refractivity contribution in [1.82, 2.24) is 14.7 Å². The number of imide groups is 1. The van der Waals surface area contributed by atoms with E-state index in [1.54, 1.807) is 6.07 Å². The van der Waals surface area contributed by atoms with Crippen LogP contribution < -0.4 is 0 Å². The van der Waals surface area contributed by atoms with Crippen LogP contribution in [0.3, 0.4) is 0 Å². The van der Waals surface area contributed by atoms with E-state index in [-0.39, 0.29) is 11.9 Å². The van der Waals surface area contributed by atoms with Gasteiger partial charge in [0.2, 0.25) is 0 Å². The molecule has 0 radical (unpaired) electrons. The first-order valence-corrected chi connectivity index (χ1v) is 12.3. The summed E-state index contributed by atoms with van der Waals surface area (Å²) in [6.45, 7) is 2.81. The van der Waals surface area contributed by atoms with E-state index in [0.29, 0.717) is 57.7 Å². The summed E-state index contributed by atoms with van der Waals surface area (Å²) in [5.41, 5.74) is 2.17. The maximum absolute atomic E-state index is 13.8. The average molecular weight is 470 g/mol. The van der Waals surface area contributed by atoms with Crippen molar-refractivity contribution in [2.75, 3.05) is 19.6 Å². The van der Waals surface area contributed by atoms with E-state index in [4.69, 9.17) is 0 Å². The van der Waals surface area contributed by atoms with Crippen LogP contribution in [0.2, 0.25) is 0 Å². The highest BCUT2D eigenvalue weighted by Crippen LogP contribution is 2.38. The first kappa shape index (κ1) is 23.1. The molecule has 0 bridgehead atoms. The van der Waals surface area contributed by atoms with Gasteiger partial charge in [-0.2, -0.15) is 0 Å². The molecule has 3 amide bonds. The van der Waals surface area contributed by atoms with Gasteiger partial charge in [-0.05, 0) is 36.5 Å². The van der Waals surface area contributed by atoms with E-state index in [1.807, 2.05) is 71.6 Å². The van der Waals surface area contributed by atoms with E-state index in [1.165, 1.54) is 4.90 Å². The molecular weight excluding hydrogens is 438 g/mol. The van der Waals surface area contributed by atoms with E-state index in [2.05, 4.69) is 17.0 Å². The van der Waals surface area contributed by atoms with Gasteiger partial charge in [0.1, 0.15) is 11.3 Å². The SMILES string of the molecule is O=C1N(Cc2ccccc2)C(=O)C2(CCN(Cc3ccccc3O)CC2)N1CCc1ccccc1. The van der Waals surface area contributed by atoms with Crippen LogP contribution in [0.5, 0.6) is 5.75 Å². The third-order valence-corrected chi connectivity index (χ3v) is 7.34. The molecular formula is C29H31N3O3. The van der Waals surface area contributed by atoms with Crippen LogP contribution in [0.4, 0.5) is 4.79 Å². The molecule has 0 atom stereocenters. The van der Waals surface area contributed by atoms with E-state index >= 15 is 0 Å². The minimum atomic E-state index is -0.810. The summed E-state index contributed by atoms with van der Waals surface area (Å²) in [6, 6.07) is 27.0. The predicted octanol–water partition coefficient (Wildman–Crippen LogP) is 4.43. The summed E-state index contributed by atoms with van der Waals surface area (Å²) in [7, 11) is 0. The molecule has 5 rings (SSSR count). The lowest BCUT2D eigenvalue weighted by Gasteiger charge is -2.42. The number of benzene rings is 3. The van der Waals surface area contributed by atoms with Crippen molar-refractivity contribution in [3.8, 4) is 5.75 Å². The summed E-state index contributed by atoms with van der Waals surface area (Å²) >= 11 is 0. The minimum Gasteiger partial charge on any atom is -0.508 e. The molecule has 2 heterocycles. The van der Waals surface area contributed by atoms with Crippen molar-refractivity contribution in [1.29, 1.82) is 0 Å². The number of aromatic hydroxyl groups is 1. The Morgan fingerprint density at radius 1 is 0.743 bits per heavy atom. The van der Waals surface area contributed by atoms with Gasteiger partial charge in [-0.15, -0.1) is 0 Å². The van der Waals surface area contributed by atoms with E-state index < -0.39 is 5.54 Å². The number of urea groups is 1. The van der Waals surface area contributed by atoms with E-state index in [0.717, 1.165) is 16.7 Å². The smallest absolute Gasteiger partial charge is 0.328 e. The third kappa shape index (κ3) is 4.66. The topological polar surface area (TPSA) is 64.1 Å². The summed E-state index contributed by atoms with van der Waals surface area (Å²) < 4.78 is 0. The van der Waals surface area contributed by atoms with Gasteiger partial charge in [0, 0.05) is 31.7 Å². The van der Waals surface area contributed by atoms with Crippen molar-refractivity contribution in [3.05, 3.63) is 102 Å². The fourth-order valence-electron chi connectivity index (χ4n) is 5.33. The lowest BCUT2D eigenvalue weighted by Crippen LogP contribution is -2.56. The molecule has 6 nitrogen and oxygen atoms in total. The van der Waals surface area contributed by atoms with Crippen molar-refractivity contribution >= 4 is 11.9 Å². The highest BCUT2D eigenvalue weighted by atomic mass is 16.3. The highest BCUT2D eigenvalue weighted by Gasteiger charge is 2.57. The Morgan fingerprint density at radius 2 is 1.34 bits per heavy atom. The van der Waals surface area contributed by atoms with Crippen molar-refractivity contribution in [2.24, 2.45) is 0 Å². The number of nitrogens with zero attached hydrogens (tertiary/aromatic N) is 3. The van der Waals surface area contributed by atoms with Gasteiger partial charge < -0.3 is 10.0 Å². The fourth-order valence-corrected chi connectivity index (χ4v) is 5.33. The number of para-hydroxylation sites is 1. The van der Waals surface area contributed by atoms with Crippen LogP contribution >= 0.6 is 0 Å². The second-order valence-corrected chi connectivity index (χ2v) is 9.48. The largest absolute Gasteiger partial charge is 0.508 e. The first-order chi connectivity index (χ1) is 17.1. The number of hydrogen-bond acceptors (Lipinski definition) is 4. The Hall–Kier alpha value is -3.64. The Labute approximate surface area is 206 Å². The lowest BCUT2D eigenvalue weighted by atomic mass is 9.85. The van der Waals surface area contributed by atoms with E-state index in [9.17, 15) is 14.7 Å². The van der Waals surface area contributed by atoms with Gasteiger partial charge in [0.15, 0.2) is 0 Å². The maximum atomic E-state index is 13.8. The Bertz CT molecular complexity index is 1170. The zero-order valence-electron chi connectivity index (χ0n) is 19.8. The summed E-state index contributed by atoms with van der Waals surface area (Å²) in [4.78, 5) is 33.0. The van der Waals surface area contributed by atoms with Gasteiger partial charge in [-0.1, -0.05) is 78.9 Å². The predicted molar refractivity (Wildman–Crippen MR) is 135 cm³/mol. The van der Waals surface area contributed by atoms with Gasteiger partial charge in [-0.25, -0.2) is 4.79 Å². The van der Waals surface area contributed by atoms with Crippen molar-refractivity contribution < 1.29 is 14.7 Å². The summed E-state index contributed by atoms with van der Waals surface area (Å²) in [5, 5.41) is 10.2. The van der Waals surface area contributed by atoms with Crippen molar-refractivity contribution in [3.63, 3.8) is 0 Å². The number of piperidine rings is 1. The molecule has 0 aromatic heterocycles. The molecule has 2 aliphatic rings. The zero-order valence-corrected chi connectivity index (χ0v) is 19.8. The Morgan fingerprint density at radius 3 is 2.00 bits per heavy atom. The number of phenolic OH excluding ortho intramolecular Hbond substituents is 1. The maximum Gasteiger partial charge on any atom is 0.328 e. The summed E-state index contributed by atoms with van der Waals surface area (Å²) in [6.07, 6.45) is 1.89. The number of phenols is 1. The second-order valence-electron chi connectivity index (χ2n) is 9.48. The van der Waals surface area contributed by atoms with Crippen molar-refractivity contribution in [2.45, 2.75) is 37.9 Å². The third-order valence-electron chi connectivity index (χ3n) is 7.34. The lowest BCUT2D eigenvalue weighted by molar-refractivity contribution is -0.136. The van der Waals surface area contributed by atoms with Crippen LogP contribution in [0.1, 0.15) is 29.5 Å². The van der Waals surface area contributed by atoms with Gasteiger partial charge in [0.25, 0.3) is 5.91 Å². The molecule has 0 unspecified atom stereocenters. The van der Waals surface area contributed by atoms with Gasteiger partial charge in [0.05, 0.1) is 6.54 Å². The standard InChI is InChI=1S/C29H31N3O3/c33-26-14-8-7-13-25(26)22-30-19-16-29(17-20-30)27(34)31(21-24-11-5-2-6-12-24)28(35)32(29)18-15-23-9-3-1-4-10-23/h1-14,33H,15-22H2. The summed E-state index contributed by atoms with van der Waals surface area (Å²) in [5.74, 6) is 0.208. The molecule has 0 saturated carbocycles. The molecule has 3 aromatic rings. The Kier molecular flexibility index (Phi) is 6.55. The van der Waals surface area contributed by atoms with Gasteiger partial charge >= 0.3 is 6.03 Å². The first-order valence-electron chi connectivity index (χ1n) is 12.3. The molecule has 35 heavy (non-hydrogen) atoms. The highest BCUT2D eigenvalue weighted by molar-refractivity contribution is 6.07.